The van der Waals surface area contributed by atoms with E-state index in [0.29, 0.717) is 30.8 Å². The molecule has 2 amide bonds. The van der Waals surface area contributed by atoms with Gasteiger partial charge in [0.05, 0.1) is 0 Å². The van der Waals surface area contributed by atoms with Crippen molar-refractivity contribution in [3.8, 4) is 0 Å². The number of carbonyl (C=O) groups excluding carboxylic acids is 2. The molecule has 1 aromatic carbocycles. The molecule has 0 aliphatic carbocycles. The van der Waals surface area contributed by atoms with Crippen molar-refractivity contribution in [2.45, 2.75) is 37.8 Å². The molecule has 3 N–H and O–H groups in total. The van der Waals surface area contributed by atoms with E-state index in [1.54, 1.807) is 47.5 Å². The summed E-state index contributed by atoms with van der Waals surface area (Å²) in [5, 5.41) is 2.85. The topological polar surface area (TPSA) is 88.3 Å². The number of benzene rings is 1. The van der Waals surface area contributed by atoms with Crippen LogP contribution in [0, 0.1) is 5.82 Å². The van der Waals surface area contributed by atoms with Crippen LogP contribution in [0.5, 0.6) is 0 Å². The van der Waals surface area contributed by atoms with Crippen LogP contribution in [0.2, 0.25) is 0 Å². The average molecular weight is 384 g/mol. The molecule has 148 valence electrons. The van der Waals surface area contributed by atoms with Crippen LogP contribution in [0.3, 0.4) is 0 Å². The van der Waals surface area contributed by atoms with E-state index in [-0.39, 0.29) is 30.1 Å². The lowest BCUT2D eigenvalue weighted by Crippen LogP contribution is -2.45. The first-order chi connectivity index (χ1) is 13.5. The Morgan fingerprint density at radius 2 is 2.04 bits per heavy atom. The Labute approximate surface area is 163 Å². The fourth-order valence-corrected chi connectivity index (χ4v) is 3.53. The Morgan fingerprint density at radius 3 is 2.79 bits per heavy atom. The first-order valence-electron chi connectivity index (χ1n) is 9.52. The Balaban J connectivity index is 1.51. The summed E-state index contributed by atoms with van der Waals surface area (Å²) in [5.74, 6) is -0.615. The molecule has 0 unspecified atom stereocenters. The lowest BCUT2D eigenvalue weighted by atomic mass is 10.0. The number of likely N-dealkylation sites (tertiary alicyclic amines) is 1. The van der Waals surface area contributed by atoms with Crippen LogP contribution in [0.4, 0.5) is 4.39 Å². The van der Waals surface area contributed by atoms with Crippen molar-refractivity contribution in [3.05, 3.63) is 65.7 Å². The maximum Gasteiger partial charge on any atom is 0.269 e. The molecule has 0 saturated carbocycles. The standard InChI is InChI=1S/C21H25FN4O2/c22-18-8-2-1-6-15(18)12-16(23)13-20(27)26-11-5-7-17(26)14-25-21(28)19-9-3-4-10-24-19/h1-4,6,8-10,16-17H,5,7,11-14,23H2,(H,25,28)/t16-,17+/m1/s1. The van der Waals surface area contributed by atoms with Gasteiger partial charge in [-0.3, -0.25) is 14.6 Å². The van der Waals surface area contributed by atoms with E-state index in [4.69, 9.17) is 5.73 Å². The number of nitrogens with one attached hydrogen (secondary N) is 1. The van der Waals surface area contributed by atoms with E-state index in [0.717, 1.165) is 12.8 Å². The summed E-state index contributed by atoms with van der Waals surface area (Å²) >= 11 is 0. The minimum atomic E-state index is -0.450. The molecule has 0 radical (unpaired) electrons. The highest BCUT2D eigenvalue weighted by Gasteiger charge is 2.29. The van der Waals surface area contributed by atoms with Gasteiger partial charge in [0.1, 0.15) is 11.5 Å². The Kier molecular flexibility index (Phi) is 6.71. The number of hydrogen-bond acceptors (Lipinski definition) is 4. The molecule has 2 atom stereocenters. The maximum absolute atomic E-state index is 13.8. The summed E-state index contributed by atoms with van der Waals surface area (Å²) in [4.78, 5) is 30.6. The van der Waals surface area contributed by atoms with Gasteiger partial charge in [0, 0.05) is 37.8 Å². The highest BCUT2D eigenvalue weighted by Crippen LogP contribution is 2.19. The normalized spacial score (nSPS) is 17.4. The largest absolute Gasteiger partial charge is 0.349 e. The molecule has 0 spiro atoms. The van der Waals surface area contributed by atoms with Crippen LogP contribution in [-0.2, 0) is 11.2 Å². The summed E-state index contributed by atoms with van der Waals surface area (Å²) in [6, 6.07) is 11.1. The quantitative estimate of drug-likeness (QED) is 0.763. The molecule has 0 bridgehead atoms. The molecule has 2 heterocycles. The zero-order valence-corrected chi connectivity index (χ0v) is 15.7. The minimum Gasteiger partial charge on any atom is -0.349 e. The summed E-state index contributed by atoms with van der Waals surface area (Å²) < 4.78 is 13.8. The SMILES string of the molecule is N[C@@H](CC(=O)N1CCC[C@H]1CNC(=O)c1ccccn1)Cc1ccccc1F. The van der Waals surface area contributed by atoms with Crippen molar-refractivity contribution >= 4 is 11.8 Å². The summed E-state index contributed by atoms with van der Waals surface area (Å²) in [6.07, 6.45) is 3.75. The molecule has 1 fully saturated rings. The van der Waals surface area contributed by atoms with Crippen molar-refractivity contribution in [1.82, 2.24) is 15.2 Å². The van der Waals surface area contributed by atoms with Crippen molar-refractivity contribution in [3.63, 3.8) is 0 Å². The number of carbonyl (C=O) groups is 2. The van der Waals surface area contributed by atoms with Crippen molar-refractivity contribution in [2.75, 3.05) is 13.1 Å². The molecule has 28 heavy (non-hydrogen) atoms. The third kappa shape index (κ3) is 5.13. The number of amides is 2. The second kappa shape index (κ2) is 9.41. The predicted molar refractivity (Wildman–Crippen MR) is 104 cm³/mol. The van der Waals surface area contributed by atoms with E-state index in [9.17, 15) is 14.0 Å². The van der Waals surface area contributed by atoms with Gasteiger partial charge in [0.25, 0.3) is 5.91 Å². The molecule has 3 rings (SSSR count). The number of nitrogens with zero attached hydrogens (tertiary/aromatic N) is 2. The first-order valence-corrected chi connectivity index (χ1v) is 9.52. The monoisotopic (exact) mass is 384 g/mol. The van der Waals surface area contributed by atoms with Crippen LogP contribution < -0.4 is 11.1 Å². The van der Waals surface area contributed by atoms with Gasteiger partial charge in [-0.1, -0.05) is 24.3 Å². The Morgan fingerprint density at radius 1 is 1.25 bits per heavy atom. The molecule has 1 aliphatic rings. The van der Waals surface area contributed by atoms with Gasteiger partial charge in [-0.25, -0.2) is 4.39 Å². The zero-order valence-electron chi connectivity index (χ0n) is 15.7. The average Bonchev–Trinajstić information content (AvgIpc) is 3.17. The molecular formula is C21H25FN4O2. The van der Waals surface area contributed by atoms with Crippen LogP contribution in [-0.4, -0.2) is 46.9 Å². The number of hydrogen-bond donors (Lipinski definition) is 2. The minimum absolute atomic E-state index is 0.0548. The van der Waals surface area contributed by atoms with E-state index < -0.39 is 6.04 Å². The molecule has 2 aromatic rings. The number of pyridine rings is 1. The zero-order chi connectivity index (χ0) is 19.9. The third-order valence-corrected chi connectivity index (χ3v) is 4.97. The summed E-state index contributed by atoms with van der Waals surface area (Å²) in [5.41, 5.74) is 6.96. The fourth-order valence-electron chi connectivity index (χ4n) is 3.53. The van der Waals surface area contributed by atoms with Gasteiger partial charge in [0.2, 0.25) is 5.91 Å². The molecule has 1 saturated heterocycles. The van der Waals surface area contributed by atoms with Gasteiger partial charge in [-0.05, 0) is 43.0 Å². The van der Waals surface area contributed by atoms with Crippen LogP contribution in [0.15, 0.2) is 48.7 Å². The second-order valence-corrected chi connectivity index (χ2v) is 7.07. The van der Waals surface area contributed by atoms with Gasteiger partial charge in [0.15, 0.2) is 0 Å². The highest BCUT2D eigenvalue weighted by atomic mass is 19.1. The number of aromatic nitrogens is 1. The maximum atomic E-state index is 13.8. The number of rotatable bonds is 7. The Bertz CT molecular complexity index is 815. The third-order valence-electron chi connectivity index (χ3n) is 4.97. The van der Waals surface area contributed by atoms with Crippen molar-refractivity contribution in [1.29, 1.82) is 0 Å². The van der Waals surface area contributed by atoms with Crippen LogP contribution >= 0.6 is 0 Å². The van der Waals surface area contributed by atoms with Crippen molar-refractivity contribution < 1.29 is 14.0 Å². The number of halogens is 1. The van der Waals surface area contributed by atoms with Gasteiger partial charge in [-0.15, -0.1) is 0 Å². The first kappa shape index (κ1) is 19.9. The number of nitrogens with two attached hydrogens (primary N) is 1. The second-order valence-electron chi connectivity index (χ2n) is 7.07. The van der Waals surface area contributed by atoms with E-state index in [1.807, 2.05) is 0 Å². The Hall–Kier alpha value is -2.80. The van der Waals surface area contributed by atoms with Crippen LogP contribution in [0.1, 0.15) is 35.3 Å². The van der Waals surface area contributed by atoms with Gasteiger partial charge < -0.3 is 16.0 Å². The lowest BCUT2D eigenvalue weighted by Gasteiger charge is -2.26. The molecule has 1 aliphatic heterocycles. The summed E-state index contributed by atoms with van der Waals surface area (Å²) in [7, 11) is 0. The van der Waals surface area contributed by atoms with Gasteiger partial charge in [-0.2, -0.15) is 0 Å². The molecular weight excluding hydrogens is 359 g/mol. The van der Waals surface area contributed by atoms with Gasteiger partial charge >= 0.3 is 0 Å². The van der Waals surface area contributed by atoms with Crippen molar-refractivity contribution in [2.24, 2.45) is 5.73 Å². The molecule has 6 nitrogen and oxygen atoms in total. The van der Waals surface area contributed by atoms with E-state index >= 15 is 0 Å². The smallest absolute Gasteiger partial charge is 0.269 e. The van der Waals surface area contributed by atoms with Crippen LogP contribution in [0.25, 0.3) is 0 Å². The molecule has 7 heteroatoms. The van der Waals surface area contributed by atoms with E-state index in [2.05, 4.69) is 10.3 Å². The lowest BCUT2D eigenvalue weighted by molar-refractivity contribution is -0.132. The summed E-state index contributed by atoms with van der Waals surface area (Å²) in [6.45, 7) is 1.03. The fraction of sp³-hybridized carbons (Fsp3) is 0.381. The highest BCUT2D eigenvalue weighted by molar-refractivity contribution is 5.92. The molecule has 1 aromatic heterocycles. The predicted octanol–water partition coefficient (Wildman–Crippen LogP) is 1.90. The van der Waals surface area contributed by atoms with E-state index in [1.165, 1.54) is 6.07 Å².